The molecule has 3 rings (SSSR count). The third kappa shape index (κ3) is 4.02. The summed E-state index contributed by atoms with van der Waals surface area (Å²) < 4.78 is 0. The van der Waals surface area contributed by atoms with E-state index >= 15 is 0 Å². The molecule has 1 saturated heterocycles. The number of amidine groups is 1. The number of carbonyl (C=O) groups excluding carboxylic acids is 1. The van der Waals surface area contributed by atoms with Crippen LogP contribution in [0.5, 0.6) is 0 Å². The number of nitrogens with zero attached hydrogens (tertiary/aromatic N) is 1. The standard InChI is InChI=1S/C19H20N2OS/c1-13(2)15-8-10-16(11-9-15)20-19-21-18(22)17(23-19)12-14-6-4-3-5-7-14/h3-11,13,17H,12H2,1-2H3,(H,20,21,22)/t17-/m1/s1. The zero-order valence-electron chi connectivity index (χ0n) is 13.3. The normalized spacial score (nSPS) is 19.3. The molecular formula is C19H20N2OS. The molecule has 1 heterocycles. The van der Waals surface area contributed by atoms with Crippen LogP contribution >= 0.6 is 11.8 Å². The van der Waals surface area contributed by atoms with E-state index in [4.69, 9.17) is 0 Å². The lowest BCUT2D eigenvalue weighted by atomic mass is 10.0. The van der Waals surface area contributed by atoms with Gasteiger partial charge in [0.25, 0.3) is 0 Å². The second-order valence-electron chi connectivity index (χ2n) is 5.95. The summed E-state index contributed by atoms with van der Waals surface area (Å²) in [4.78, 5) is 16.7. The number of amides is 1. The van der Waals surface area contributed by atoms with Gasteiger partial charge >= 0.3 is 0 Å². The summed E-state index contributed by atoms with van der Waals surface area (Å²) in [5.74, 6) is 0.545. The zero-order chi connectivity index (χ0) is 16.2. The van der Waals surface area contributed by atoms with Crippen molar-refractivity contribution in [1.29, 1.82) is 0 Å². The van der Waals surface area contributed by atoms with Gasteiger partial charge in [0.1, 0.15) is 0 Å². The number of carbonyl (C=O) groups is 1. The monoisotopic (exact) mass is 324 g/mol. The first-order valence-corrected chi connectivity index (χ1v) is 8.70. The maximum absolute atomic E-state index is 12.1. The summed E-state index contributed by atoms with van der Waals surface area (Å²) in [5, 5.41) is 3.47. The molecule has 1 fully saturated rings. The Kier molecular flexibility index (Phi) is 4.82. The van der Waals surface area contributed by atoms with Crippen LogP contribution in [-0.2, 0) is 11.2 Å². The van der Waals surface area contributed by atoms with Gasteiger partial charge in [0.15, 0.2) is 5.17 Å². The highest BCUT2D eigenvalue weighted by Crippen LogP contribution is 2.26. The predicted molar refractivity (Wildman–Crippen MR) is 97.3 cm³/mol. The minimum Gasteiger partial charge on any atom is -0.304 e. The topological polar surface area (TPSA) is 41.5 Å². The summed E-state index contributed by atoms with van der Waals surface area (Å²) >= 11 is 1.51. The Labute approximate surface area is 141 Å². The average molecular weight is 324 g/mol. The highest BCUT2D eigenvalue weighted by molar-refractivity contribution is 8.15. The minimum absolute atomic E-state index is 0.0383. The smallest absolute Gasteiger partial charge is 0.239 e. The molecule has 1 aliphatic rings. The molecule has 0 aliphatic carbocycles. The van der Waals surface area contributed by atoms with Gasteiger partial charge in [0, 0.05) is 0 Å². The molecular weight excluding hydrogens is 304 g/mol. The number of aliphatic imine (C=N–C) groups is 1. The Balaban J connectivity index is 1.69. The van der Waals surface area contributed by atoms with Crippen LogP contribution in [0.15, 0.2) is 59.6 Å². The first-order valence-electron chi connectivity index (χ1n) is 7.82. The lowest BCUT2D eigenvalue weighted by Gasteiger charge is -2.05. The van der Waals surface area contributed by atoms with Crippen LogP contribution in [-0.4, -0.2) is 16.3 Å². The Morgan fingerprint density at radius 2 is 1.78 bits per heavy atom. The maximum Gasteiger partial charge on any atom is 0.239 e. The van der Waals surface area contributed by atoms with Gasteiger partial charge in [-0.15, -0.1) is 0 Å². The molecule has 0 unspecified atom stereocenters. The van der Waals surface area contributed by atoms with E-state index in [1.165, 1.54) is 22.9 Å². The molecule has 118 valence electrons. The first kappa shape index (κ1) is 15.8. The van der Waals surface area contributed by atoms with Crippen LogP contribution in [0, 0.1) is 0 Å². The van der Waals surface area contributed by atoms with Gasteiger partial charge in [0.2, 0.25) is 5.91 Å². The maximum atomic E-state index is 12.1. The highest BCUT2D eigenvalue weighted by atomic mass is 32.2. The fraction of sp³-hybridized carbons (Fsp3) is 0.263. The lowest BCUT2D eigenvalue weighted by molar-refractivity contribution is -0.118. The third-order valence-electron chi connectivity index (χ3n) is 3.83. The van der Waals surface area contributed by atoms with Gasteiger partial charge < -0.3 is 5.32 Å². The summed E-state index contributed by atoms with van der Waals surface area (Å²) in [7, 11) is 0. The van der Waals surface area contributed by atoms with E-state index in [9.17, 15) is 4.79 Å². The fourth-order valence-electron chi connectivity index (χ4n) is 2.47. The largest absolute Gasteiger partial charge is 0.304 e. The summed E-state index contributed by atoms with van der Waals surface area (Å²) in [5.41, 5.74) is 3.33. The molecule has 4 heteroatoms. The van der Waals surface area contributed by atoms with Crippen LogP contribution < -0.4 is 5.32 Å². The number of nitrogens with one attached hydrogen (secondary N) is 1. The number of benzene rings is 2. The summed E-state index contributed by atoms with van der Waals surface area (Å²) in [6, 6.07) is 18.3. The van der Waals surface area contributed by atoms with Crippen LogP contribution in [0.1, 0.15) is 30.9 Å². The van der Waals surface area contributed by atoms with E-state index in [-0.39, 0.29) is 11.2 Å². The van der Waals surface area contributed by atoms with Gasteiger partial charge in [-0.05, 0) is 35.6 Å². The molecule has 1 aliphatic heterocycles. The molecule has 0 saturated carbocycles. The van der Waals surface area contributed by atoms with E-state index < -0.39 is 0 Å². The fourth-order valence-corrected chi connectivity index (χ4v) is 3.50. The van der Waals surface area contributed by atoms with Crippen molar-refractivity contribution in [1.82, 2.24) is 5.32 Å². The van der Waals surface area contributed by atoms with Gasteiger partial charge in [-0.2, -0.15) is 0 Å². The first-order chi connectivity index (χ1) is 11.1. The number of hydrogen-bond acceptors (Lipinski definition) is 3. The van der Waals surface area contributed by atoms with Crippen LogP contribution in [0.25, 0.3) is 0 Å². The van der Waals surface area contributed by atoms with E-state index in [1.807, 2.05) is 42.5 Å². The SMILES string of the molecule is CC(C)c1ccc(N=C2NC(=O)[C@@H](Cc3ccccc3)S2)cc1. The third-order valence-corrected chi connectivity index (χ3v) is 4.91. The van der Waals surface area contributed by atoms with Crippen molar-refractivity contribution < 1.29 is 4.79 Å². The van der Waals surface area contributed by atoms with Crippen molar-refractivity contribution in [2.45, 2.75) is 31.4 Å². The summed E-state index contributed by atoms with van der Waals surface area (Å²) in [6.45, 7) is 4.34. The van der Waals surface area contributed by atoms with E-state index in [0.29, 0.717) is 11.1 Å². The zero-order valence-corrected chi connectivity index (χ0v) is 14.1. The Bertz CT molecular complexity index is 708. The lowest BCUT2D eigenvalue weighted by Crippen LogP contribution is -2.25. The quantitative estimate of drug-likeness (QED) is 0.912. The molecule has 1 amide bonds. The number of rotatable bonds is 4. The molecule has 1 atom stereocenters. The van der Waals surface area contributed by atoms with Crippen molar-refractivity contribution in [2.75, 3.05) is 0 Å². The van der Waals surface area contributed by atoms with E-state index in [0.717, 1.165) is 12.1 Å². The van der Waals surface area contributed by atoms with E-state index in [1.54, 1.807) is 0 Å². The Morgan fingerprint density at radius 1 is 1.09 bits per heavy atom. The molecule has 3 nitrogen and oxygen atoms in total. The number of thioether (sulfide) groups is 1. The van der Waals surface area contributed by atoms with Crippen molar-refractivity contribution in [2.24, 2.45) is 4.99 Å². The summed E-state index contributed by atoms with van der Waals surface area (Å²) in [6.07, 6.45) is 0.725. The van der Waals surface area contributed by atoms with Crippen molar-refractivity contribution in [3.8, 4) is 0 Å². The van der Waals surface area contributed by atoms with Crippen LogP contribution in [0.3, 0.4) is 0 Å². The molecule has 23 heavy (non-hydrogen) atoms. The van der Waals surface area contributed by atoms with E-state index in [2.05, 4.69) is 36.3 Å². The average Bonchev–Trinajstić information content (AvgIpc) is 2.88. The van der Waals surface area contributed by atoms with Gasteiger partial charge in [-0.1, -0.05) is 68.1 Å². The minimum atomic E-state index is -0.105. The molecule has 1 N–H and O–H groups in total. The molecule has 2 aromatic carbocycles. The van der Waals surface area contributed by atoms with Crippen LogP contribution in [0.2, 0.25) is 0 Å². The second kappa shape index (κ2) is 7.01. The van der Waals surface area contributed by atoms with Crippen molar-refractivity contribution in [3.05, 3.63) is 65.7 Å². The predicted octanol–water partition coefficient (Wildman–Crippen LogP) is 4.27. The van der Waals surface area contributed by atoms with Gasteiger partial charge in [-0.25, -0.2) is 4.99 Å². The molecule has 0 radical (unpaired) electrons. The van der Waals surface area contributed by atoms with Gasteiger partial charge in [0.05, 0.1) is 10.9 Å². The van der Waals surface area contributed by atoms with Crippen LogP contribution in [0.4, 0.5) is 5.69 Å². The van der Waals surface area contributed by atoms with Gasteiger partial charge in [-0.3, -0.25) is 4.79 Å². The molecule has 0 spiro atoms. The van der Waals surface area contributed by atoms with Crippen molar-refractivity contribution >= 4 is 28.5 Å². The highest BCUT2D eigenvalue weighted by Gasteiger charge is 2.30. The van der Waals surface area contributed by atoms with Crippen molar-refractivity contribution in [3.63, 3.8) is 0 Å². The Morgan fingerprint density at radius 3 is 2.43 bits per heavy atom. The molecule has 0 aromatic heterocycles. The molecule has 2 aromatic rings. The Hall–Kier alpha value is -2.07. The molecule has 0 bridgehead atoms. The second-order valence-corrected chi connectivity index (χ2v) is 7.14. The number of hydrogen-bond donors (Lipinski definition) is 1.